The number of nitrogens with zero attached hydrogens (tertiary/aromatic N) is 2. The molecule has 2 aromatic heterocycles. The zero-order chi connectivity index (χ0) is 21.4. The van der Waals surface area contributed by atoms with Gasteiger partial charge in [-0.2, -0.15) is 0 Å². The molecule has 1 atom stereocenters. The van der Waals surface area contributed by atoms with Crippen molar-refractivity contribution in [3.8, 4) is 11.4 Å². The number of aryl methyl sites for hydroxylation is 1. The van der Waals surface area contributed by atoms with Crippen LogP contribution < -0.4 is 5.56 Å². The molecule has 0 fully saturated rings. The Kier molecular flexibility index (Phi) is 4.01. The maximum absolute atomic E-state index is 14.2. The van der Waals surface area contributed by atoms with Crippen LogP contribution in [0, 0.1) is 12.7 Å². The van der Waals surface area contributed by atoms with Crippen LogP contribution in [0.4, 0.5) is 4.39 Å². The van der Waals surface area contributed by atoms with Gasteiger partial charge in [0.25, 0.3) is 5.56 Å². The Balaban J connectivity index is 1.84. The van der Waals surface area contributed by atoms with Gasteiger partial charge in [0.1, 0.15) is 11.4 Å². The highest BCUT2D eigenvalue weighted by molar-refractivity contribution is 5.92. The van der Waals surface area contributed by atoms with E-state index in [0.717, 1.165) is 0 Å². The molecule has 1 aliphatic heterocycles. The first kappa shape index (κ1) is 19.1. The molecule has 5 rings (SSSR count). The van der Waals surface area contributed by atoms with Gasteiger partial charge in [0.05, 0.1) is 30.1 Å². The van der Waals surface area contributed by atoms with Crippen LogP contribution in [0.3, 0.4) is 0 Å². The standard InChI is InChI=1S/C23H21FN2O4/c1-3-23(30)16-7-19-21-14(9-26(19)22(29)12(16)4-5-20(23)28)15(10-27)13-6-11(2)17(24)8-18(13)25-21/h6-8,27,30H,3-5,9-10H2,1-2H3/t23-/m0/s1. The molecule has 0 saturated heterocycles. The summed E-state index contributed by atoms with van der Waals surface area (Å²) in [6, 6.07) is 4.66. The van der Waals surface area contributed by atoms with E-state index in [4.69, 9.17) is 0 Å². The molecule has 0 unspecified atom stereocenters. The number of benzene rings is 1. The minimum atomic E-state index is -1.69. The number of ketones is 1. The summed E-state index contributed by atoms with van der Waals surface area (Å²) in [4.78, 5) is 30.4. The van der Waals surface area contributed by atoms with Crippen LogP contribution in [0.5, 0.6) is 0 Å². The molecule has 154 valence electrons. The van der Waals surface area contributed by atoms with E-state index in [1.165, 1.54) is 6.07 Å². The lowest BCUT2D eigenvalue weighted by Crippen LogP contribution is -2.43. The second-order valence-corrected chi connectivity index (χ2v) is 8.14. The Morgan fingerprint density at radius 3 is 2.67 bits per heavy atom. The van der Waals surface area contributed by atoms with Crippen molar-refractivity contribution in [3.05, 3.63) is 62.2 Å². The molecule has 0 spiro atoms. The Bertz CT molecular complexity index is 1330. The monoisotopic (exact) mass is 408 g/mol. The van der Waals surface area contributed by atoms with E-state index in [1.54, 1.807) is 30.5 Å². The Morgan fingerprint density at radius 1 is 1.20 bits per heavy atom. The van der Waals surface area contributed by atoms with Gasteiger partial charge in [0, 0.05) is 34.6 Å². The van der Waals surface area contributed by atoms with Gasteiger partial charge in [-0.1, -0.05) is 6.92 Å². The van der Waals surface area contributed by atoms with Crippen molar-refractivity contribution in [2.45, 2.75) is 51.9 Å². The summed E-state index contributed by atoms with van der Waals surface area (Å²) in [6.45, 7) is 3.34. The third-order valence-corrected chi connectivity index (χ3v) is 6.62. The van der Waals surface area contributed by atoms with Crippen LogP contribution in [-0.4, -0.2) is 25.5 Å². The molecule has 0 amide bonds. The van der Waals surface area contributed by atoms with Gasteiger partial charge in [-0.15, -0.1) is 0 Å². The largest absolute Gasteiger partial charge is 0.392 e. The third kappa shape index (κ3) is 2.33. The summed E-state index contributed by atoms with van der Waals surface area (Å²) in [5.41, 5.74) is 1.97. The Hall–Kier alpha value is -2.90. The number of rotatable bonds is 2. The number of hydrogen-bond acceptors (Lipinski definition) is 5. The highest BCUT2D eigenvalue weighted by Crippen LogP contribution is 2.40. The first-order valence-corrected chi connectivity index (χ1v) is 10.1. The number of carbonyl (C=O) groups is 1. The lowest BCUT2D eigenvalue weighted by atomic mass is 9.77. The fourth-order valence-electron chi connectivity index (χ4n) is 4.86. The lowest BCUT2D eigenvalue weighted by Gasteiger charge is -2.32. The maximum atomic E-state index is 14.2. The van der Waals surface area contributed by atoms with Crippen molar-refractivity contribution in [1.29, 1.82) is 0 Å². The van der Waals surface area contributed by atoms with Gasteiger partial charge in [-0.25, -0.2) is 9.37 Å². The number of fused-ring (bicyclic) bond motifs is 5. The summed E-state index contributed by atoms with van der Waals surface area (Å²) < 4.78 is 15.8. The molecule has 3 heterocycles. The number of pyridine rings is 2. The molecule has 2 N–H and O–H groups in total. The molecule has 30 heavy (non-hydrogen) atoms. The minimum absolute atomic E-state index is 0.126. The van der Waals surface area contributed by atoms with Gasteiger partial charge in [0.2, 0.25) is 0 Å². The smallest absolute Gasteiger partial charge is 0.254 e. The summed E-state index contributed by atoms with van der Waals surface area (Å²) in [6.07, 6.45) is 0.589. The van der Waals surface area contributed by atoms with E-state index in [2.05, 4.69) is 4.98 Å². The number of carbonyl (C=O) groups excluding carboxylic acids is 1. The first-order chi connectivity index (χ1) is 14.3. The van der Waals surface area contributed by atoms with Crippen molar-refractivity contribution < 1.29 is 19.4 Å². The fraction of sp³-hybridized carbons (Fsp3) is 0.348. The predicted octanol–water partition coefficient (Wildman–Crippen LogP) is 2.48. The predicted molar refractivity (Wildman–Crippen MR) is 109 cm³/mol. The van der Waals surface area contributed by atoms with Crippen LogP contribution in [0.1, 0.15) is 47.6 Å². The second-order valence-electron chi connectivity index (χ2n) is 8.14. The van der Waals surface area contributed by atoms with Crippen molar-refractivity contribution >= 4 is 16.7 Å². The molecule has 3 aromatic rings. The van der Waals surface area contributed by atoms with E-state index in [0.29, 0.717) is 56.5 Å². The number of aromatic nitrogens is 2. The van der Waals surface area contributed by atoms with Crippen molar-refractivity contribution in [3.63, 3.8) is 0 Å². The topological polar surface area (TPSA) is 92.4 Å². The second kappa shape index (κ2) is 6.30. The van der Waals surface area contributed by atoms with Crippen LogP contribution >= 0.6 is 0 Å². The summed E-state index contributed by atoms with van der Waals surface area (Å²) in [7, 11) is 0. The van der Waals surface area contributed by atoms with Crippen LogP contribution in [-0.2, 0) is 30.0 Å². The highest BCUT2D eigenvalue weighted by atomic mass is 19.1. The quantitative estimate of drug-likeness (QED) is 0.532. The maximum Gasteiger partial charge on any atom is 0.254 e. The van der Waals surface area contributed by atoms with Gasteiger partial charge in [-0.05, 0) is 43.0 Å². The van der Waals surface area contributed by atoms with Gasteiger partial charge in [0.15, 0.2) is 5.78 Å². The highest BCUT2D eigenvalue weighted by Gasteiger charge is 2.43. The molecule has 6 nitrogen and oxygen atoms in total. The minimum Gasteiger partial charge on any atom is -0.392 e. The molecule has 0 saturated carbocycles. The van der Waals surface area contributed by atoms with Gasteiger partial charge in [-0.3, -0.25) is 9.59 Å². The summed E-state index contributed by atoms with van der Waals surface area (Å²) >= 11 is 0. The Morgan fingerprint density at radius 2 is 1.97 bits per heavy atom. The van der Waals surface area contributed by atoms with Gasteiger partial charge < -0.3 is 14.8 Å². The van der Waals surface area contributed by atoms with Crippen molar-refractivity contribution in [2.24, 2.45) is 0 Å². The van der Waals surface area contributed by atoms with Crippen LogP contribution in [0.15, 0.2) is 23.0 Å². The van der Waals surface area contributed by atoms with Crippen LogP contribution in [0.2, 0.25) is 0 Å². The fourth-order valence-corrected chi connectivity index (χ4v) is 4.86. The Labute approximate surface area is 171 Å². The first-order valence-electron chi connectivity index (χ1n) is 10.1. The average Bonchev–Trinajstić information content (AvgIpc) is 3.09. The molecule has 0 bridgehead atoms. The molecule has 0 radical (unpaired) electrons. The lowest BCUT2D eigenvalue weighted by molar-refractivity contribution is -0.140. The molecular formula is C23H21FN2O4. The SMILES string of the molecule is CC[C@@]1(O)C(=O)CCc2c1cc1n(c2=O)Cc2c-1nc1cc(F)c(C)cc1c2CO. The van der Waals surface area contributed by atoms with Crippen molar-refractivity contribution in [1.82, 2.24) is 9.55 Å². The van der Waals surface area contributed by atoms with Gasteiger partial charge >= 0.3 is 0 Å². The van der Waals surface area contributed by atoms with E-state index in [9.17, 15) is 24.2 Å². The summed E-state index contributed by atoms with van der Waals surface area (Å²) in [5.74, 6) is -0.689. The van der Waals surface area contributed by atoms with Crippen LogP contribution in [0.25, 0.3) is 22.3 Å². The third-order valence-electron chi connectivity index (χ3n) is 6.62. The average molecular weight is 408 g/mol. The molecular weight excluding hydrogens is 387 g/mol. The zero-order valence-corrected chi connectivity index (χ0v) is 16.8. The number of halogens is 1. The van der Waals surface area contributed by atoms with E-state index in [-0.39, 0.29) is 37.3 Å². The number of aliphatic hydroxyl groups excluding tert-OH is 1. The van der Waals surface area contributed by atoms with E-state index in [1.807, 2.05) is 0 Å². The van der Waals surface area contributed by atoms with Crippen molar-refractivity contribution in [2.75, 3.05) is 0 Å². The molecule has 1 aromatic carbocycles. The summed E-state index contributed by atoms with van der Waals surface area (Å²) in [5, 5.41) is 21.8. The van der Waals surface area contributed by atoms with E-state index >= 15 is 0 Å². The van der Waals surface area contributed by atoms with E-state index < -0.39 is 11.4 Å². The molecule has 7 heteroatoms. The number of aliphatic hydroxyl groups is 2. The molecule has 1 aliphatic carbocycles. The normalized spacial score (nSPS) is 19.7. The zero-order valence-electron chi connectivity index (χ0n) is 16.8. The number of hydrogen-bond donors (Lipinski definition) is 2. The number of Topliss-reactive ketones (excluding diaryl/α,β-unsaturated/α-hetero) is 1. The molecule has 2 aliphatic rings.